The molecule has 6 nitrogen and oxygen atoms in total. The first kappa shape index (κ1) is 13.8. The number of rotatable bonds is 4. The Labute approximate surface area is 115 Å². The Balaban J connectivity index is 2.09. The number of nitrogens with zero attached hydrogens (tertiary/aromatic N) is 1. The molecule has 0 saturated carbocycles. The molecule has 0 aromatic heterocycles. The number of hydrogen-bond donors (Lipinski definition) is 1. The number of carbonyl (C=O) groups is 1. The van der Waals surface area contributed by atoms with Crippen molar-refractivity contribution in [1.29, 1.82) is 0 Å². The van der Waals surface area contributed by atoms with Gasteiger partial charge in [0.2, 0.25) is 0 Å². The maximum absolute atomic E-state index is 11.8. The Morgan fingerprint density at radius 1 is 1.37 bits per heavy atom. The highest BCUT2D eigenvalue weighted by atomic mass is 35.5. The number of esters is 1. The topological polar surface area (TPSA) is 84.8 Å². The number of benzene rings is 1. The first-order chi connectivity index (χ1) is 9.04. The lowest BCUT2D eigenvalue weighted by molar-refractivity contribution is -0.140. The van der Waals surface area contributed by atoms with Crippen LogP contribution in [0.2, 0.25) is 0 Å². The van der Waals surface area contributed by atoms with Crippen LogP contribution < -0.4 is 4.72 Å². The van der Waals surface area contributed by atoms with Gasteiger partial charge in [-0.15, -0.1) is 11.6 Å². The molecule has 0 spiro atoms. The highest BCUT2D eigenvalue weighted by Crippen LogP contribution is 2.21. The third-order valence-corrected chi connectivity index (χ3v) is 4.01. The Morgan fingerprint density at radius 3 is 2.84 bits per heavy atom. The second-order valence-corrected chi connectivity index (χ2v) is 5.60. The van der Waals surface area contributed by atoms with E-state index in [1.54, 1.807) is 18.2 Å². The third kappa shape index (κ3) is 3.05. The number of halogens is 1. The standard InChI is InChI=1S/C11H11ClN2O4S/c12-7-10(15)18-6-5-13-11-8-3-1-2-4-9(8)19(16,17)14-11/h1-4H,5-7H2,(H,13,14). The molecule has 0 aliphatic carbocycles. The maximum Gasteiger partial charge on any atom is 0.320 e. The summed E-state index contributed by atoms with van der Waals surface area (Å²) in [7, 11) is -3.52. The Kier molecular flexibility index (Phi) is 4.06. The van der Waals surface area contributed by atoms with Gasteiger partial charge in [-0.3, -0.25) is 14.5 Å². The maximum atomic E-state index is 11.8. The number of fused-ring (bicyclic) bond motifs is 1. The summed E-state index contributed by atoms with van der Waals surface area (Å²) in [5.41, 5.74) is 0.520. The fourth-order valence-electron chi connectivity index (χ4n) is 1.61. The molecule has 1 aliphatic rings. The Morgan fingerprint density at radius 2 is 2.11 bits per heavy atom. The molecule has 0 amide bonds. The summed E-state index contributed by atoms with van der Waals surface area (Å²) in [6.07, 6.45) is 0. The van der Waals surface area contributed by atoms with E-state index in [9.17, 15) is 13.2 Å². The van der Waals surface area contributed by atoms with Crippen molar-refractivity contribution in [3.8, 4) is 0 Å². The van der Waals surface area contributed by atoms with Gasteiger partial charge < -0.3 is 4.74 Å². The molecule has 0 unspecified atom stereocenters. The van der Waals surface area contributed by atoms with Crippen molar-refractivity contribution < 1.29 is 17.9 Å². The van der Waals surface area contributed by atoms with E-state index in [1.807, 2.05) is 0 Å². The van der Waals surface area contributed by atoms with Crippen molar-refractivity contribution in [3.05, 3.63) is 29.8 Å². The van der Waals surface area contributed by atoms with Crippen LogP contribution in [0.5, 0.6) is 0 Å². The lowest BCUT2D eigenvalue weighted by Gasteiger charge is -2.01. The molecule has 0 saturated heterocycles. The minimum Gasteiger partial charge on any atom is -0.463 e. The summed E-state index contributed by atoms with van der Waals surface area (Å²) in [4.78, 5) is 15.1. The number of amidine groups is 1. The molecule has 19 heavy (non-hydrogen) atoms. The van der Waals surface area contributed by atoms with Crippen LogP contribution in [0.15, 0.2) is 34.2 Å². The molecule has 1 N–H and O–H groups in total. The van der Waals surface area contributed by atoms with Crippen molar-refractivity contribution in [2.45, 2.75) is 4.90 Å². The molecule has 1 heterocycles. The summed E-state index contributed by atoms with van der Waals surface area (Å²) in [5, 5.41) is 0. The summed E-state index contributed by atoms with van der Waals surface area (Å²) in [6.45, 7) is 0.216. The van der Waals surface area contributed by atoms with E-state index in [-0.39, 0.29) is 29.8 Å². The second-order valence-electron chi connectivity index (χ2n) is 3.69. The van der Waals surface area contributed by atoms with E-state index in [4.69, 9.17) is 16.3 Å². The lowest BCUT2D eigenvalue weighted by atomic mass is 10.2. The molecule has 0 radical (unpaired) electrons. The average Bonchev–Trinajstić information content (AvgIpc) is 2.67. The number of hydrogen-bond acceptors (Lipinski definition) is 5. The molecule has 0 atom stereocenters. The van der Waals surface area contributed by atoms with Crippen molar-refractivity contribution in [1.82, 2.24) is 4.72 Å². The van der Waals surface area contributed by atoms with Crippen molar-refractivity contribution in [2.75, 3.05) is 19.0 Å². The fourth-order valence-corrected chi connectivity index (χ4v) is 2.93. The van der Waals surface area contributed by atoms with E-state index in [1.165, 1.54) is 6.07 Å². The van der Waals surface area contributed by atoms with E-state index in [0.717, 1.165) is 0 Å². The van der Waals surface area contributed by atoms with Crippen LogP contribution in [-0.2, 0) is 19.6 Å². The molecule has 1 aromatic rings. The quantitative estimate of drug-likeness (QED) is 0.499. The molecular weight excluding hydrogens is 292 g/mol. The molecular formula is C11H11ClN2O4S. The normalized spacial score (nSPS) is 17.8. The van der Waals surface area contributed by atoms with Crippen molar-refractivity contribution >= 4 is 33.4 Å². The van der Waals surface area contributed by atoms with Crippen LogP contribution in [0.1, 0.15) is 5.56 Å². The Bertz CT molecular complexity index is 627. The van der Waals surface area contributed by atoms with Crippen LogP contribution in [0.3, 0.4) is 0 Å². The van der Waals surface area contributed by atoms with Gasteiger partial charge in [0.1, 0.15) is 18.3 Å². The van der Waals surface area contributed by atoms with E-state index >= 15 is 0 Å². The first-order valence-electron chi connectivity index (χ1n) is 5.43. The molecule has 8 heteroatoms. The van der Waals surface area contributed by atoms with Gasteiger partial charge in [-0.05, 0) is 12.1 Å². The molecule has 1 aliphatic heterocycles. The van der Waals surface area contributed by atoms with Crippen LogP contribution >= 0.6 is 11.6 Å². The van der Waals surface area contributed by atoms with Crippen LogP contribution in [0, 0.1) is 0 Å². The highest BCUT2D eigenvalue weighted by molar-refractivity contribution is 7.90. The van der Waals surface area contributed by atoms with Gasteiger partial charge in [0, 0.05) is 5.56 Å². The summed E-state index contributed by atoms with van der Waals surface area (Å²) < 4.78 is 30.6. The van der Waals surface area contributed by atoms with Crippen molar-refractivity contribution in [2.24, 2.45) is 4.99 Å². The van der Waals surface area contributed by atoms with E-state index in [0.29, 0.717) is 5.56 Å². The molecule has 2 rings (SSSR count). The molecule has 102 valence electrons. The number of sulfonamides is 1. The summed E-state index contributed by atoms with van der Waals surface area (Å²) in [5.74, 6) is -0.488. The second kappa shape index (κ2) is 5.58. The summed E-state index contributed by atoms with van der Waals surface area (Å²) in [6, 6.07) is 6.54. The number of nitrogens with one attached hydrogen (secondary N) is 1. The van der Waals surface area contributed by atoms with Gasteiger partial charge in [0.05, 0.1) is 11.4 Å². The van der Waals surface area contributed by atoms with Gasteiger partial charge in [0.15, 0.2) is 0 Å². The predicted octanol–water partition coefficient (Wildman–Crippen LogP) is 0.507. The largest absolute Gasteiger partial charge is 0.463 e. The highest BCUT2D eigenvalue weighted by Gasteiger charge is 2.29. The van der Waals surface area contributed by atoms with Gasteiger partial charge in [0.25, 0.3) is 10.0 Å². The number of carbonyl (C=O) groups excluding carboxylic acids is 1. The predicted molar refractivity (Wildman–Crippen MR) is 69.8 cm³/mol. The summed E-state index contributed by atoms with van der Waals surface area (Å²) >= 11 is 5.26. The minimum absolute atomic E-state index is 0.0545. The molecule has 0 bridgehead atoms. The van der Waals surface area contributed by atoms with Crippen LogP contribution in [0.25, 0.3) is 0 Å². The third-order valence-electron chi connectivity index (χ3n) is 2.40. The smallest absolute Gasteiger partial charge is 0.320 e. The number of alkyl halides is 1. The number of ether oxygens (including phenoxy) is 1. The molecule has 1 aromatic carbocycles. The van der Waals surface area contributed by atoms with Crippen LogP contribution in [0.4, 0.5) is 0 Å². The zero-order valence-corrected chi connectivity index (χ0v) is 11.4. The molecule has 0 fully saturated rings. The average molecular weight is 303 g/mol. The fraction of sp³-hybridized carbons (Fsp3) is 0.273. The van der Waals surface area contributed by atoms with Gasteiger partial charge >= 0.3 is 5.97 Å². The SMILES string of the molecule is O=C(CCl)OCCN=C1NS(=O)(=O)c2ccccc21. The van der Waals surface area contributed by atoms with Gasteiger partial charge in [-0.1, -0.05) is 12.1 Å². The Hall–Kier alpha value is -1.60. The zero-order chi connectivity index (χ0) is 13.9. The van der Waals surface area contributed by atoms with Crippen LogP contribution in [-0.4, -0.2) is 39.3 Å². The van der Waals surface area contributed by atoms with Gasteiger partial charge in [-0.25, -0.2) is 8.42 Å². The first-order valence-corrected chi connectivity index (χ1v) is 7.44. The zero-order valence-electron chi connectivity index (χ0n) is 9.80. The monoisotopic (exact) mass is 302 g/mol. The minimum atomic E-state index is -3.52. The van der Waals surface area contributed by atoms with E-state index in [2.05, 4.69) is 9.71 Å². The van der Waals surface area contributed by atoms with E-state index < -0.39 is 16.0 Å². The number of aliphatic imine (C=N–C) groups is 1. The van der Waals surface area contributed by atoms with Crippen molar-refractivity contribution in [3.63, 3.8) is 0 Å². The lowest BCUT2D eigenvalue weighted by Crippen LogP contribution is -2.23. The van der Waals surface area contributed by atoms with Gasteiger partial charge in [-0.2, -0.15) is 0 Å².